The van der Waals surface area contributed by atoms with Crippen molar-refractivity contribution >= 4 is 0 Å². The largest absolute Gasteiger partial charge is 0.310 e. The van der Waals surface area contributed by atoms with E-state index in [1.807, 2.05) is 7.05 Å². The lowest BCUT2D eigenvalue weighted by Crippen LogP contribution is -2.29. The van der Waals surface area contributed by atoms with Crippen molar-refractivity contribution in [2.45, 2.75) is 32.9 Å². The molecule has 0 amide bonds. The second kappa shape index (κ2) is 6.60. The molecule has 0 unspecified atom stereocenters. The molecule has 1 aromatic heterocycles. The maximum atomic E-state index is 4.16. The molecule has 92 valence electrons. The van der Waals surface area contributed by atoms with E-state index in [2.05, 4.69) is 41.2 Å². The number of nitrogens with zero attached hydrogens (tertiary/aromatic N) is 4. The van der Waals surface area contributed by atoms with Gasteiger partial charge in [0.2, 0.25) is 0 Å². The van der Waals surface area contributed by atoms with Crippen LogP contribution in [0.4, 0.5) is 0 Å². The summed E-state index contributed by atoms with van der Waals surface area (Å²) in [7, 11) is 4.07. The third kappa shape index (κ3) is 4.28. The molecule has 1 heterocycles. The van der Waals surface area contributed by atoms with E-state index in [-0.39, 0.29) is 0 Å². The van der Waals surface area contributed by atoms with Crippen LogP contribution in [0.5, 0.6) is 0 Å². The number of hydrogen-bond donors (Lipinski definition) is 1. The quantitative estimate of drug-likeness (QED) is 0.692. The van der Waals surface area contributed by atoms with Gasteiger partial charge in [0.1, 0.15) is 12.2 Å². The molecule has 1 aromatic rings. The Kier molecular flexibility index (Phi) is 5.42. The highest BCUT2D eigenvalue weighted by Crippen LogP contribution is 1.95. The molecule has 5 heteroatoms. The van der Waals surface area contributed by atoms with Gasteiger partial charge in [0.15, 0.2) is 0 Å². The van der Waals surface area contributed by atoms with Crippen molar-refractivity contribution in [3.63, 3.8) is 0 Å². The molecule has 0 aliphatic heterocycles. The van der Waals surface area contributed by atoms with Gasteiger partial charge in [-0.15, -0.1) is 0 Å². The Morgan fingerprint density at radius 1 is 1.50 bits per heavy atom. The Morgan fingerprint density at radius 3 is 2.81 bits per heavy atom. The zero-order valence-electron chi connectivity index (χ0n) is 10.8. The predicted octanol–water partition coefficient (Wildman–Crippen LogP) is 0.635. The van der Waals surface area contributed by atoms with Gasteiger partial charge in [-0.05, 0) is 40.4 Å². The number of aromatic nitrogens is 3. The highest BCUT2D eigenvalue weighted by atomic mass is 15.3. The molecule has 1 N–H and O–H groups in total. The molecule has 1 rings (SSSR count). The summed E-state index contributed by atoms with van der Waals surface area (Å²) in [6, 6.07) is 0.624. The molecule has 0 fully saturated rings. The predicted molar refractivity (Wildman–Crippen MR) is 65.1 cm³/mol. The van der Waals surface area contributed by atoms with Crippen LogP contribution in [0.25, 0.3) is 0 Å². The van der Waals surface area contributed by atoms with Crippen LogP contribution in [0, 0.1) is 0 Å². The van der Waals surface area contributed by atoms with Crippen molar-refractivity contribution < 1.29 is 0 Å². The van der Waals surface area contributed by atoms with Crippen LogP contribution in [0.15, 0.2) is 6.33 Å². The molecule has 0 spiro atoms. The molecule has 0 aliphatic carbocycles. The highest BCUT2D eigenvalue weighted by Gasteiger charge is 2.02. The second-order valence-corrected chi connectivity index (χ2v) is 4.40. The standard InChI is InChI=1S/C11H23N5/c1-10(2)15(3)7-5-6-12-8-11-13-9-14-16(11)4/h9-10,12H,5-8H2,1-4H3. The van der Waals surface area contributed by atoms with Crippen LogP contribution in [0.1, 0.15) is 26.1 Å². The van der Waals surface area contributed by atoms with Gasteiger partial charge >= 0.3 is 0 Å². The van der Waals surface area contributed by atoms with E-state index in [1.54, 1.807) is 11.0 Å². The molecule has 0 saturated carbocycles. The van der Waals surface area contributed by atoms with Crippen molar-refractivity contribution in [1.29, 1.82) is 0 Å². The molecule has 5 nitrogen and oxygen atoms in total. The Balaban J connectivity index is 2.07. The van der Waals surface area contributed by atoms with Gasteiger partial charge < -0.3 is 10.2 Å². The van der Waals surface area contributed by atoms with E-state index in [4.69, 9.17) is 0 Å². The lowest BCUT2D eigenvalue weighted by Gasteiger charge is -2.20. The van der Waals surface area contributed by atoms with Gasteiger partial charge in [-0.25, -0.2) is 4.98 Å². The van der Waals surface area contributed by atoms with Gasteiger partial charge in [0.05, 0.1) is 6.54 Å². The highest BCUT2D eigenvalue weighted by molar-refractivity contribution is 4.81. The Morgan fingerprint density at radius 2 is 2.25 bits per heavy atom. The Labute approximate surface area is 97.9 Å². The van der Waals surface area contributed by atoms with Crippen molar-refractivity contribution in [3.05, 3.63) is 12.2 Å². The van der Waals surface area contributed by atoms with Crippen LogP contribution >= 0.6 is 0 Å². The first-order valence-corrected chi connectivity index (χ1v) is 5.85. The summed E-state index contributed by atoms with van der Waals surface area (Å²) < 4.78 is 1.80. The fraction of sp³-hybridized carbons (Fsp3) is 0.818. The third-order valence-electron chi connectivity index (χ3n) is 2.83. The average molecular weight is 225 g/mol. The average Bonchev–Trinajstić information content (AvgIpc) is 2.63. The van der Waals surface area contributed by atoms with Gasteiger partial charge in [-0.1, -0.05) is 0 Å². The van der Waals surface area contributed by atoms with Gasteiger partial charge in [0, 0.05) is 13.1 Å². The number of hydrogen-bond acceptors (Lipinski definition) is 4. The van der Waals surface area contributed by atoms with E-state index < -0.39 is 0 Å². The smallest absolute Gasteiger partial charge is 0.140 e. The van der Waals surface area contributed by atoms with E-state index in [9.17, 15) is 0 Å². The minimum atomic E-state index is 0.624. The summed E-state index contributed by atoms with van der Waals surface area (Å²) in [5.74, 6) is 0.984. The second-order valence-electron chi connectivity index (χ2n) is 4.40. The zero-order chi connectivity index (χ0) is 12.0. The topological polar surface area (TPSA) is 46.0 Å². The molecular formula is C11H23N5. The molecule has 0 bridgehead atoms. The monoisotopic (exact) mass is 225 g/mol. The summed E-state index contributed by atoms with van der Waals surface area (Å²) in [5.41, 5.74) is 0. The fourth-order valence-corrected chi connectivity index (χ4v) is 1.39. The van der Waals surface area contributed by atoms with E-state index in [0.717, 1.165) is 31.9 Å². The lowest BCUT2D eigenvalue weighted by molar-refractivity contribution is 0.269. The summed E-state index contributed by atoms with van der Waals surface area (Å²) in [6.07, 6.45) is 2.75. The van der Waals surface area contributed by atoms with Gasteiger partial charge in [-0.2, -0.15) is 5.10 Å². The lowest BCUT2D eigenvalue weighted by atomic mass is 10.3. The maximum absolute atomic E-state index is 4.16. The summed E-state index contributed by atoms with van der Waals surface area (Å²) in [5, 5.41) is 7.40. The van der Waals surface area contributed by atoms with E-state index in [1.165, 1.54) is 0 Å². The molecule has 0 aliphatic rings. The SMILES string of the molecule is CC(C)N(C)CCCNCc1ncnn1C. The Hall–Kier alpha value is -0.940. The van der Waals surface area contributed by atoms with Crippen LogP contribution in [-0.4, -0.2) is 45.8 Å². The van der Waals surface area contributed by atoms with Crippen LogP contribution in [0.3, 0.4) is 0 Å². The Bertz CT molecular complexity index is 294. The molecule has 0 aromatic carbocycles. The third-order valence-corrected chi connectivity index (χ3v) is 2.83. The number of rotatable bonds is 7. The first-order chi connectivity index (χ1) is 7.61. The van der Waals surface area contributed by atoms with E-state index >= 15 is 0 Å². The number of nitrogens with one attached hydrogen (secondary N) is 1. The normalized spacial score (nSPS) is 11.6. The molecular weight excluding hydrogens is 202 g/mol. The van der Waals surface area contributed by atoms with Gasteiger partial charge in [0.25, 0.3) is 0 Å². The van der Waals surface area contributed by atoms with Crippen LogP contribution in [-0.2, 0) is 13.6 Å². The first-order valence-electron chi connectivity index (χ1n) is 5.85. The molecule has 0 saturated heterocycles. The number of aryl methyl sites for hydroxylation is 1. The summed E-state index contributed by atoms with van der Waals surface area (Å²) >= 11 is 0. The molecule has 0 atom stereocenters. The van der Waals surface area contributed by atoms with Crippen LogP contribution < -0.4 is 5.32 Å². The zero-order valence-corrected chi connectivity index (χ0v) is 10.8. The first kappa shape index (κ1) is 13.1. The summed E-state index contributed by atoms with van der Waals surface area (Å²) in [6.45, 7) is 7.37. The fourth-order valence-electron chi connectivity index (χ4n) is 1.39. The molecule has 0 radical (unpaired) electrons. The van der Waals surface area contributed by atoms with Crippen molar-refractivity contribution in [2.24, 2.45) is 7.05 Å². The minimum absolute atomic E-state index is 0.624. The van der Waals surface area contributed by atoms with Gasteiger partial charge in [-0.3, -0.25) is 4.68 Å². The molecule has 16 heavy (non-hydrogen) atoms. The summed E-state index contributed by atoms with van der Waals surface area (Å²) in [4.78, 5) is 6.51. The maximum Gasteiger partial charge on any atom is 0.140 e. The van der Waals surface area contributed by atoms with Crippen molar-refractivity contribution in [2.75, 3.05) is 20.1 Å². The van der Waals surface area contributed by atoms with E-state index in [0.29, 0.717) is 6.04 Å². The van der Waals surface area contributed by atoms with Crippen LogP contribution in [0.2, 0.25) is 0 Å². The minimum Gasteiger partial charge on any atom is -0.310 e. The van der Waals surface area contributed by atoms with Crippen molar-refractivity contribution in [1.82, 2.24) is 25.0 Å². The van der Waals surface area contributed by atoms with Crippen molar-refractivity contribution in [3.8, 4) is 0 Å².